The van der Waals surface area contributed by atoms with Crippen LogP contribution in [0.3, 0.4) is 0 Å². The Morgan fingerprint density at radius 2 is 1.33 bits per heavy atom. The zero-order chi connectivity index (χ0) is 19.7. The first-order valence-electron chi connectivity index (χ1n) is 9.31. The standard InChI is InChI=1S/C21H28O6/c22-19(23)12-6-2-8-16-26-21(15-14-18-10-4-1-5-11-18)27-17-9-3-7-13-20(24)25/h1,4-5,10-11,21H,2-3,6-9,12-13,16-17H2,(H,22,23)(H,24,25). The van der Waals surface area contributed by atoms with Gasteiger partial charge in [-0.15, -0.1) is 0 Å². The second-order valence-electron chi connectivity index (χ2n) is 6.12. The summed E-state index contributed by atoms with van der Waals surface area (Å²) in [5, 5.41) is 17.2. The van der Waals surface area contributed by atoms with Gasteiger partial charge in [0, 0.05) is 18.4 Å². The van der Waals surface area contributed by atoms with E-state index in [1.807, 2.05) is 30.3 Å². The van der Waals surface area contributed by atoms with E-state index in [-0.39, 0.29) is 12.8 Å². The van der Waals surface area contributed by atoms with Crippen LogP contribution in [0.25, 0.3) is 0 Å². The van der Waals surface area contributed by atoms with Crippen LogP contribution in [0.4, 0.5) is 0 Å². The first-order chi connectivity index (χ1) is 13.1. The molecule has 2 N–H and O–H groups in total. The van der Waals surface area contributed by atoms with E-state index in [4.69, 9.17) is 19.7 Å². The lowest BCUT2D eigenvalue weighted by molar-refractivity contribution is -0.138. The van der Waals surface area contributed by atoms with Crippen molar-refractivity contribution in [3.05, 3.63) is 35.9 Å². The predicted octanol–water partition coefficient (Wildman–Crippen LogP) is 3.69. The van der Waals surface area contributed by atoms with Crippen molar-refractivity contribution in [1.82, 2.24) is 0 Å². The summed E-state index contributed by atoms with van der Waals surface area (Å²) in [6.45, 7) is 0.902. The van der Waals surface area contributed by atoms with Crippen molar-refractivity contribution in [1.29, 1.82) is 0 Å². The highest BCUT2D eigenvalue weighted by atomic mass is 16.7. The second kappa shape index (κ2) is 14.8. The van der Waals surface area contributed by atoms with Gasteiger partial charge in [-0.05, 0) is 43.7 Å². The molecule has 1 aromatic rings. The van der Waals surface area contributed by atoms with Crippen molar-refractivity contribution < 1.29 is 29.3 Å². The molecule has 0 aliphatic heterocycles. The van der Waals surface area contributed by atoms with E-state index in [9.17, 15) is 9.59 Å². The molecule has 148 valence electrons. The molecule has 0 amide bonds. The van der Waals surface area contributed by atoms with Gasteiger partial charge in [0.2, 0.25) is 6.29 Å². The van der Waals surface area contributed by atoms with Gasteiger partial charge in [-0.2, -0.15) is 0 Å². The van der Waals surface area contributed by atoms with Gasteiger partial charge in [-0.25, -0.2) is 0 Å². The van der Waals surface area contributed by atoms with Crippen LogP contribution >= 0.6 is 0 Å². The number of carboxylic acids is 2. The monoisotopic (exact) mass is 376 g/mol. The van der Waals surface area contributed by atoms with E-state index in [2.05, 4.69) is 11.8 Å². The third kappa shape index (κ3) is 13.5. The number of aliphatic carboxylic acids is 2. The number of benzene rings is 1. The van der Waals surface area contributed by atoms with E-state index in [1.165, 1.54) is 0 Å². The summed E-state index contributed by atoms with van der Waals surface area (Å²) >= 11 is 0. The molecule has 0 fully saturated rings. The van der Waals surface area contributed by atoms with E-state index < -0.39 is 18.2 Å². The van der Waals surface area contributed by atoms with Gasteiger partial charge >= 0.3 is 11.9 Å². The molecule has 27 heavy (non-hydrogen) atoms. The SMILES string of the molecule is O=C(O)CCCCCOC(C#Cc1ccccc1)OCCCCCC(=O)O. The highest BCUT2D eigenvalue weighted by molar-refractivity contribution is 5.66. The lowest BCUT2D eigenvalue weighted by Gasteiger charge is -2.13. The number of hydrogen-bond donors (Lipinski definition) is 2. The van der Waals surface area contributed by atoms with Gasteiger partial charge in [0.25, 0.3) is 0 Å². The van der Waals surface area contributed by atoms with Crippen molar-refractivity contribution in [3.8, 4) is 11.8 Å². The fraction of sp³-hybridized carbons (Fsp3) is 0.524. The minimum atomic E-state index is -0.784. The number of unbranched alkanes of at least 4 members (excludes halogenated alkanes) is 4. The molecule has 1 aromatic carbocycles. The topological polar surface area (TPSA) is 93.1 Å². The third-order valence-electron chi connectivity index (χ3n) is 3.72. The molecule has 0 spiro atoms. The zero-order valence-corrected chi connectivity index (χ0v) is 15.6. The molecule has 6 nitrogen and oxygen atoms in total. The van der Waals surface area contributed by atoms with Crippen LogP contribution in [0.5, 0.6) is 0 Å². The summed E-state index contributed by atoms with van der Waals surface area (Å²) in [7, 11) is 0. The van der Waals surface area contributed by atoms with E-state index in [0.717, 1.165) is 31.2 Å². The van der Waals surface area contributed by atoms with Crippen molar-refractivity contribution in [3.63, 3.8) is 0 Å². The minimum absolute atomic E-state index is 0.171. The Kier molecular flexibility index (Phi) is 12.4. The maximum absolute atomic E-state index is 10.5. The Bertz CT molecular complexity index is 576. The normalized spacial score (nSPS) is 10.4. The quantitative estimate of drug-likeness (QED) is 0.292. The summed E-state index contributed by atoms with van der Waals surface area (Å²) in [5.74, 6) is 4.43. The fourth-order valence-electron chi connectivity index (χ4n) is 2.29. The van der Waals surface area contributed by atoms with Crippen LogP contribution in [0.15, 0.2) is 30.3 Å². The summed E-state index contributed by atoms with van der Waals surface area (Å²) in [5.41, 5.74) is 0.873. The van der Waals surface area contributed by atoms with Gasteiger partial charge in [0.1, 0.15) is 0 Å². The van der Waals surface area contributed by atoms with Crippen LogP contribution in [0.2, 0.25) is 0 Å². The highest BCUT2D eigenvalue weighted by Gasteiger charge is 2.06. The largest absolute Gasteiger partial charge is 0.481 e. The van der Waals surface area contributed by atoms with Crippen LogP contribution in [0, 0.1) is 11.8 Å². The maximum Gasteiger partial charge on any atom is 0.303 e. The molecule has 1 rings (SSSR count). The van der Waals surface area contributed by atoms with E-state index in [1.54, 1.807) is 0 Å². The number of carboxylic acid groups (broad SMARTS) is 2. The Balaban J connectivity index is 2.36. The lowest BCUT2D eigenvalue weighted by Crippen LogP contribution is -2.17. The Morgan fingerprint density at radius 1 is 0.815 bits per heavy atom. The molecule has 0 saturated carbocycles. The lowest BCUT2D eigenvalue weighted by atomic mass is 10.2. The van der Waals surface area contributed by atoms with Crippen LogP contribution < -0.4 is 0 Å². The molecular formula is C21H28O6. The van der Waals surface area contributed by atoms with Crippen molar-refractivity contribution in [2.75, 3.05) is 13.2 Å². The molecular weight excluding hydrogens is 348 g/mol. The Hall–Kier alpha value is -2.36. The smallest absolute Gasteiger partial charge is 0.303 e. The number of rotatable bonds is 14. The summed E-state index contributed by atoms with van der Waals surface area (Å²) in [4.78, 5) is 21.0. The van der Waals surface area contributed by atoms with Crippen LogP contribution in [-0.4, -0.2) is 41.7 Å². The average Bonchev–Trinajstić information content (AvgIpc) is 2.64. The van der Waals surface area contributed by atoms with Crippen molar-refractivity contribution in [2.45, 2.75) is 57.7 Å². The molecule has 0 radical (unpaired) electrons. The first kappa shape index (κ1) is 22.7. The number of hydrogen-bond acceptors (Lipinski definition) is 4. The van der Waals surface area contributed by atoms with Crippen molar-refractivity contribution in [2.24, 2.45) is 0 Å². The van der Waals surface area contributed by atoms with Gasteiger partial charge in [-0.1, -0.05) is 37.0 Å². The molecule has 0 atom stereocenters. The summed E-state index contributed by atoms with van der Waals surface area (Å²) in [6.07, 6.45) is 4.00. The molecule has 0 aliphatic carbocycles. The molecule has 0 aromatic heterocycles. The van der Waals surface area contributed by atoms with Crippen LogP contribution in [0.1, 0.15) is 56.9 Å². The first-order valence-corrected chi connectivity index (χ1v) is 9.31. The number of ether oxygens (including phenoxy) is 2. The average molecular weight is 376 g/mol. The zero-order valence-electron chi connectivity index (χ0n) is 15.6. The molecule has 0 unspecified atom stereocenters. The second-order valence-corrected chi connectivity index (χ2v) is 6.12. The maximum atomic E-state index is 10.5. The molecule has 0 heterocycles. The molecule has 6 heteroatoms. The highest BCUT2D eigenvalue weighted by Crippen LogP contribution is 2.06. The van der Waals surface area contributed by atoms with Crippen molar-refractivity contribution >= 4 is 11.9 Å². The van der Waals surface area contributed by atoms with E-state index >= 15 is 0 Å². The Labute approximate surface area is 160 Å². The predicted molar refractivity (Wildman–Crippen MR) is 101 cm³/mol. The van der Waals surface area contributed by atoms with E-state index in [0.29, 0.717) is 26.1 Å². The van der Waals surface area contributed by atoms with Crippen LogP contribution in [-0.2, 0) is 19.1 Å². The van der Waals surface area contributed by atoms with Gasteiger partial charge < -0.3 is 19.7 Å². The number of carbonyl (C=O) groups is 2. The molecule has 0 saturated heterocycles. The molecule has 0 bridgehead atoms. The van der Waals surface area contributed by atoms with Gasteiger partial charge in [0.05, 0.1) is 13.2 Å². The summed E-state index contributed by atoms with van der Waals surface area (Å²) < 4.78 is 11.4. The minimum Gasteiger partial charge on any atom is -0.481 e. The summed E-state index contributed by atoms with van der Waals surface area (Å²) in [6, 6.07) is 9.55. The van der Waals surface area contributed by atoms with Gasteiger partial charge in [-0.3, -0.25) is 9.59 Å². The molecule has 0 aliphatic rings. The van der Waals surface area contributed by atoms with Gasteiger partial charge in [0.15, 0.2) is 0 Å². The Morgan fingerprint density at radius 3 is 1.81 bits per heavy atom. The third-order valence-corrected chi connectivity index (χ3v) is 3.72. The fourth-order valence-corrected chi connectivity index (χ4v) is 2.29.